The van der Waals surface area contributed by atoms with E-state index in [1.165, 1.54) is 22.5 Å². The van der Waals surface area contributed by atoms with Crippen molar-refractivity contribution in [1.29, 1.82) is 0 Å². The fourth-order valence-corrected chi connectivity index (χ4v) is 3.46. The maximum Gasteiger partial charge on any atom is 0.166 e. The first-order valence-corrected chi connectivity index (χ1v) is 8.96. The molecule has 0 unspecified atom stereocenters. The van der Waals surface area contributed by atoms with Crippen molar-refractivity contribution in [2.45, 2.75) is 44.5 Å². The van der Waals surface area contributed by atoms with Crippen LogP contribution in [0.15, 0.2) is 37.3 Å². The Morgan fingerprint density at radius 1 is 1.39 bits per heavy atom. The number of pyridine rings is 1. The molecule has 3 aromatic rings. The van der Waals surface area contributed by atoms with Crippen molar-refractivity contribution in [3.8, 4) is 0 Å². The zero-order valence-electron chi connectivity index (χ0n) is 22.2. The Morgan fingerprint density at radius 2 is 2.29 bits per heavy atom. The molecule has 144 valence electrons. The van der Waals surface area contributed by atoms with Gasteiger partial charge in [-0.05, 0) is 50.2 Å². The molecule has 2 aliphatic heterocycles. The van der Waals surface area contributed by atoms with Crippen LogP contribution in [0, 0.1) is 5.82 Å². The summed E-state index contributed by atoms with van der Waals surface area (Å²) >= 11 is 0. The van der Waals surface area contributed by atoms with Gasteiger partial charge in [0.2, 0.25) is 0 Å². The number of nitrogens with one attached hydrogen (secondary N) is 1. The van der Waals surface area contributed by atoms with E-state index < -0.39 is 48.3 Å². The van der Waals surface area contributed by atoms with E-state index in [1.54, 1.807) is 12.3 Å². The first kappa shape index (κ1) is 11.1. The molecule has 5 heterocycles. The molecule has 0 spiro atoms. The van der Waals surface area contributed by atoms with Gasteiger partial charge in [-0.2, -0.15) is 5.10 Å². The molecule has 5 rings (SSSR count). The Balaban J connectivity index is 1.89. The summed E-state index contributed by atoms with van der Waals surface area (Å²) in [6.45, 7) is 5.44. The lowest BCUT2D eigenvalue weighted by molar-refractivity contribution is 0.575. The molecular weight excluding hydrogens is 355 g/mol. The fourth-order valence-electron chi connectivity index (χ4n) is 3.46. The molecule has 28 heavy (non-hydrogen) atoms. The second kappa shape index (κ2) is 6.58. The summed E-state index contributed by atoms with van der Waals surface area (Å²) in [6.07, 6.45) is -4.06. The van der Waals surface area contributed by atoms with Crippen molar-refractivity contribution in [2.24, 2.45) is 0 Å². The van der Waals surface area contributed by atoms with Crippen molar-refractivity contribution in [1.82, 2.24) is 24.9 Å². The largest absolute Gasteiger partial charge is 0.382 e. The first-order chi connectivity index (χ1) is 16.2. The molecule has 0 aromatic carbocycles. The average molecular weight is 385 g/mol. The number of rotatable bonds is 0. The number of nitrogens with zero attached hydrogens (tertiary/aromatic N) is 5. The van der Waals surface area contributed by atoms with Gasteiger partial charge in [-0.25, -0.2) is 13.9 Å². The topological polar surface area (TPSA) is 58.4 Å². The third-order valence-electron chi connectivity index (χ3n) is 4.76. The van der Waals surface area contributed by atoms with Crippen LogP contribution in [-0.2, 0) is 6.37 Å². The van der Waals surface area contributed by atoms with E-state index in [2.05, 4.69) is 27.0 Å². The average Bonchev–Trinajstić information content (AvgIpc) is 3.31. The molecule has 2 atom stereocenters. The van der Waals surface area contributed by atoms with E-state index >= 15 is 0 Å². The van der Waals surface area contributed by atoms with E-state index in [-0.39, 0.29) is 24.5 Å². The SMILES string of the molecule is [2H]C1([2H])c2ncc(F)cc2[C@@]2([2H])N(CCC2([2H])[2H])c2ccn3ncc(c3n2)C(=C)N[C@H](C)C1([2H])[2H]. The molecule has 0 saturated carbocycles. The van der Waals surface area contributed by atoms with Gasteiger partial charge in [0.15, 0.2) is 5.65 Å². The van der Waals surface area contributed by atoms with Gasteiger partial charge in [0.1, 0.15) is 11.6 Å². The van der Waals surface area contributed by atoms with Crippen LogP contribution < -0.4 is 10.2 Å². The van der Waals surface area contributed by atoms with E-state index in [0.717, 1.165) is 12.3 Å². The summed E-state index contributed by atoms with van der Waals surface area (Å²) in [6, 6.07) is -1.10. The van der Waals surface area contributed by atoms with Gasteiger partial charge < -0.3 is 10.2 Å². The maximum atomic E-state index is 14.5. The number of hydrogen-bond acceptors (Lipinski definition) is 5. The maximum absolute atomic E-state index is 14.5. The minimum Gasteiger partial charge on any atom is -0.382 e. The quantitative estimate of drug-likeness (QED) is 0.642. The third kappa shape index (κ3) is 2.82. The number of aromatic nitrogens is 4. The minimum atomic E-state index is -2.85. The van der Waals surface area contributed by atoms with Crippen LogP contribution in [0.2, 0.25) is 0 Å². The lowest BCUT2D eigenvalue weighted by atomic mass is 9.98. The summed E-state index contributed by atoms with van der Waals surface area (Å²) in [5.41, 5.74) is 0.0975. The van der Waals surface area contributed by atoms with Crippen LogP contribution in [0.25, 0.3) is 11.3 Å². The molecule has 2 bridgehead atoms. The second-order valence-corrected chi connectivity index (χ2v) is 6.70. The number of aryl methyl sites for hydroxylation is 1. The molecule has 6 nitrogen and oxygen atoms in total. The molecule has 1 N–H and O–H groups in total. The molecule has 7 heteroatoms. The standard InChI is InChI=1S/C21H23FN6/c1-13-5-6-18-16(10-15(22)11-23-18)19-4-3-8-27(19)20-7-9-28-21(26-20)17(12-24-28)14(2)25-13/h7,9-13,19,25H,2-6,8H2,1H3/t13-,19+/m1/s1/i4D2,5D2,6D2,19D. The van der Waals surface area contributed by atoms with Gasteiger partial charge in [-0.1, -0.05) is 6.58 Å². The van der Waals surface area contributed by atoms with Crippen molar-refractivity contribution in [3.63, 3.8) is 0 Å². The Bertz CT molecular complexity index is 1360. The van der Waals surface area contributed by atoms with Crippen molar-refractivity contribution < 1.29 is 14.0 Å². The van der Waals surface area contributed by atoms with Gasteiger partial charge in [-0.3, -0.25) is 4.98 Å². The zero-order chi connectivity index (χ0) is 25.6. The lowest BCUT2D eigenvalue weighted by Crippen LogP contribution is -2.26. The van der Waals surface area contributed by atoms with Crippen molar-refractivity contribution in [3.05, 3.63) is 59.9 Å². The van der Waals surface area contributed by atoms with Gasteiger partial charge in [0.05, 0.1) is 25.3 Å². The highest BCUT2D eigenvalue weighted by atomic mass is 19.1. The van der Waals surface area contributed by atoms with Crippen LogP contribution in [0.5, 0.6) is 0 Å². The third-order valence-corrected chi connectivity index (χ3v) is 4.76. The minimum absolute atomic E-state index is 0.0323. The Morgan fingerprint density at radius 3 is 3.18 bits per heavy atom. The van der Waals surface area contributed by atoms with Gasteiger partial charge in [0, 0.05) is 38.4 Å². The lowest BCUT2D eigenvalue weighted by Gasteiger charge is -2.27. The molecule has 1 saturated heterocycles. The van der Waals surface area contributed by atoms with Crippen LogP contribution in [-0.4, -0.2) is 32.2 Å². The Hall–Kier alpha value is -2.96. The fraction of sp³-hybridized carbons (Fsp3) is 0.381. The van der Waals surface area contributed by atoms with E-state index in [4.69, 9.17) is 8.22 Å². The summed E-state index contributed by atoms with van der Waals surface area (Å²) in [4.78, 5) is 9.86. The van der Waals surface area contributed by atoms with Crippen LogP contribution in [0.3, 0.4) is 0 Å². The Labute approximate surface area is 172 Å². The number of halogens is 1. The zero-order valence-corrected chi connectivity index (χ0v) is 15.2. The van der Waals surface area contributed by atoms with Crippen molar-refractivity contribution >= 4 is 17.2 Å². The van der Waals surface area contributed by atoms with Crippen LogP contribution in [0.1, 0.15) is 58.5 Å². The highest BCUT2D eigenvalue weighted by Crippen LogP contribution is 2.37. The molecular formula is C21H23FN6. The summed E-state index contributed by atoms with van der Waals surface area (Å²) in [5.74, 6) is -0.686. The molecule has 1 fully saturated rings. The highest BCUT2D eigenvalue weighted by molar-refractivity contribution is 5.74. The van der Waals surface area contributed by atoms with Crippen LogP contribution >= 0.6 is 0 Å². The second-order valence-electron chi connectivity index (χ2n) is 6.70. The smallest absolute Gasteiger partial charge is 0.166 e. The molecule has 0 aliphatic carbocycles. The van der Waals surface area contributed by atoms with E-state index in [0.29, 0.717) is 11.2 Å². The normalized spacial score (nSPS) is 33.9. The molecule has 0 amide bonds. The monoisotopic (exact) mass is 385 g/mol. The van der Waals surface area contributed by atoms with Gasteiger partial charge in [0.25, 0.3) is 0 Å². The van der Waals surface area contributed by atoms with Crippen LogP contribution in [0.4, 0.5) is 10.2 Å². The summed E-state index contributed by atoms with van der Waals surface area (Å²) in [7, 11) is 0. The predicted molar refractivity (Wildman–Crippen MR) is 106 cm³/mol. The van der Waals surface area contributed by atoms with E-state index in [1.807, 2.05) is 0 Å². The van der Waals surface area contributed by atoms with Gasteiger partial charge in [-0.15, -0.1) is 0 Å². The summed E-state index contributed by atoms with van der Waals surface area (Å²) < 4.78 is 77.8. The summed E-state index contributed by atoms with van der Waals surface area (Å²) in [5, 5.41) is 7.14. The molecule has 2 aliphatic rings. The van der Waals surface area contributed by atoms with Crippen molar-refractivity contribution in [2.75, 3.05) is 11.4 Å². The van der Waals surface area contributed by atoms with Gasteiger partial charge >= 0.3 is 0 Å². The number of hydrogen-bond donors (Lipinski definition) is 1. The molecule has 0 radical (unpaired) electrons. The highest BCUT2D eigenvalue weighted by Gasteiger charge is 2.30. The predicted octanol–water partition coefficient (Wildman–Crippen LogP) is 3.50. The number of anilines is 1. The number of fused-ring (bicyclic) bond motifs is 5. The molecule has 3 aromatic heterocycles. The first-order valence-electron chi connectivity index (χ1n) is 12.5. The Kier molecular flexibility index (Phi) is 2.62. The van der Waals surface area contributed by atoms with E-state index in [9.17, 15) is 5.76 Å².